The highest BCUT2D eigenvalue weighted by Crippen LogP contribution is 2.30. The number of nitrogens with zero attached hydrogens (tertiary/aromatic N) is 1. The van der Waals surface area contributed by atoms with Gasteiger partial charge in [-0.1, -0.05) is 12.1 Å². The number of fused-ring (bicyclic) bond motifs is 1. The normalized spacial score (nSPS) is 15.0. The first-order valence-corrected chi connectivity index (χ1v) is 7.32. The number of rotatable bonds is 5. The molecule has 0 aromatic heterocycles. The van der Waals surface area contributed by atoms with Gasteiger partial charge in [0.15, 0.2) is 0 Å². The summed E-state index contributed by atoms with van der Waals surface area (Å²) < 4.78 is 0. The molecular weight excluding hydrogens is 230 g/mol. The summed E-state index contributed by atoms with van der Waals surface area (Å²) in [7, 11) is 2.06. The van der Waals surface area contributed by atoms with Gasteiger partial charge in [0.25, 0.3) is 0 Å². The second-order valence-corrected chi connectivity index (χ2v) is 5.81. The maximum atomic E-state index is 8.85. The second-order valence-electron chi connectivity index (χ2n) is 4.67. The lowest BCUT2D eigenvalue weighted by molar-refractivity contribution is 0.223. The summed E-state index contributed by atoms with van der Waals surface area (Å²) in [6.07, 6.45) is 3.63. The molecule has 1 aliphatic rings. The molecule has 0 radical (unpaired) electrons. The summed E-state index contributed by atoms with van der Waals surface area (Å²) in [4.78, 5) is 3.65. The molecule has 2 nitrogen and oxygen atoms in total. The lowest BCUT2D eigenvalue weighted by Crippen LogP contribution is -2.24. The van der Waals surface area contributed by atoms with Crippen molar-refractivity contribution in [2.45, 2.75) is 24.2 Å². The van der Waals surface area contributed by atoms with Crippen molar-refractivity contribution in [3.63, 3.8) is 0 Å². The van der Waals surface area contributed by atoms with Gasteiger partial charge in [-0.15, -0.1) is 11.8 Å². The van der Waals surface area contributed by atoms with Crippen LogP contribution >= 0.6 is 11.8 Å². The minimum Gasteiger partial charge on any atom is -0.395 e. The topological polar surface area (TPSA) is 23.5 Å². The molecule has 94 valence electrons. The van der Waals surface area contributed by atoms with Crippen molar-refractivity contribution < 1.29 is 5.11 Å². The molecule has 0 saturated heterocycles. The molecular formula is C14H21NOS. The van der Waals surface area contributed by atoms with Crippen LogP contribution in [-0.2, 0) is 12.8 Å². The highest BCUT2D eigenvalue weighted by molar-refractivity contribution is 7.99. The van der Waals surface area contributed by atoms with Crippen molar-refractivity contribution >= 4 is 11.8 Å². The maximum absolute atomic E-state index is 8.85. The van der Waals surface area contributed by atoms with Crippen LogP contribution in [0.25, 0.3) is 0 Å². The number of aryl methyl sites for hydroxylation is 1. The highest BCUT2D eigenvalue weighted by atomic mass is 32.2. The van der Waals surface area contributed by atoms with E-state index in [0.29, 0.717) is 0 Å². The molecule has 1 aromatic carbocycles. The van der Waals surface area contributed by atoms with Gasteiger partial charge in [-0.05, 0) is 49.3 Å². The number of likely N-dealkylation sites (N-methyl/N-ethyl adjacent to an activating group) is 1. The highest BCUT2D eigenvalue weighted by Gasteiger charge is 2.10. The van der Waals surface area contributed by atoms with Gasteiger partial charge in [0.2, 0.25) is 0 Å². The molecule has 1 aliphatic heterocycles. The third-order valence-corrected chi connectivity index (χ3v) is 4.44. The van der Waals surface area contributed by atoms with Crippen LogP contribution in [-0.4, -0.2) is 42.5 Å². The minimum atomic E-state index is 0.247. The minimum absolute atomic E-state index is 0.247. The zero-order chi connectivity index (χ0) is 12.1. The van der Waals surface area contributed by atoms with Crippen molar-refractivity contribution in [2.75, 3.05) is 32.5 Å². The predicted octanol–water partition coefficient (Wildman–Crippen LogP) is 2.19. The largest absolute Gasteiger partial charge is 0.395 e. The predicted molar refractivity (Wildman–Crippen MR) is 73.8 cm³/mol. The summed E-state index contributed by atoms with van der Waals surface area (Å²) in [5.41, 5.74) is 2.96. The van der Waals surface area contributed by atoms with Crippen LogP contribution in [0.5, 0.6) is 0 Å². The number of benzene rings is 1. The molecule has 2 rings (SSSR count). The first-order chi connectivity index (χ1) is 8.29. The number of hydrogen-bond acceptors (Lipinski definition) is 3. The van der Waals surface area contributed by atoms with E-state index in [1.54, 1.807) is 0 Å². The van der Waals surface area contributed by atoms with Gasteiger partial charge in [0, 0.05) is 18.0 Å². The van der Waals surface area contributed by atoms with Crippen molar-refractivity contribution in [3.05, 3.63) is 29.3 Å². The van der Waals surface area contributed by atoms with Gasteiger partial charge < -0.3 is 10.0 Å². The Bertz CT molecular complexity index is 367. The molecule has 0 atom stereocenters. The van der Waals surface area contributed by atoms with E-state index in [9.17, 15) is 0 Å². The molecule has 3 heteroatoms. The lowest BCUT2D eigenvalue weighted by Gasteiger charge is -2.18. The molecule has 0 unspecified atom stereocenters. The van der Waals surface area contributed by atoms with Crippen LogP contribution < -0.4 is 0 Å². The van der Waals surface area contributed by atoms with Crippen LogP contribution in [0.3, 0.4) is 0 Å². The molecule has 0 fully saturated rings. The molecule has 1 heterocycles. The molecule has 17 heavy (non-hydrogen) atoms. The smallest absolute Gasteiger partial charge is 0.0558 e. The zero-order valence-corrected chi connectivity index (χ0v) is 11.3. The Morgan fingerprint density at radius 2 is 2.24 bits per heavy atom. The Balaban J connectivity index is 1.93. The number of aliphatic hydroxyl groups is 1. The van der Waals surface area contributed by atoms with E-state index in [1.807, 2.05) is 11.8 Å². The summed E-state index contributed by atoms with van der Waals surface area (Å²) in [6, 6.07) is 6.90. The molecule has 0 amide bonds. The average Bonchev–Trinajstić information content (AvgIpc) is 2.36. The third-order valence-electron chi connectivity index (χ3n) is 3.24. The van der Waals surface area contributed by atoms with Crippen LogP contribution in [0.4, 0.5) is 0 Å². The SMILES string of the molecule is CN(CCO)CCc1ccc2c(c1)CCCS2. The monoisotopic (exact) mass is 251 g/mol. The van der Waals surface area contributed by atoms with E-state index in [2.05, 4.69) is 30.1 Å². The van der Waals surface area contributed by atoms with E-state index in [-0.39, 0.29) is 6.61 Å². The number of thioether (sulfide) groups is 1. The zero-order valence-electron chi connectivity index (χ0n) is 10.5. The second kappa shape index (κ2) is 6.43. The van der Waals surface area contributed by atoms with Crippen LogP contribution in [0.15, 0.2) is 23.1 Å². The molecule has 0 saturated carbocycles. The van der Waals surface area contributed by atoms with Crippen molar-refractivity contribution in [3.8, 4) is 0 Å². The van der Waals surface area contributed by atoms with Gasteiger partial charge in [-0.3, -0.25) is 0 Å². The fourth-order valence-electron chi connectivity index (χ4n) is 2.17. The fraction of sp³-hybridized carbons (Fsp3) is 0.571. The van der Waals surface area contributed by atoms with E-state index >= 15 is 0 Å². The van der Waals surface area contributed by atoms with Gasteiger partial charge in [0.05, 0.1) is 6.61 Å². The summed E-state index contributed by atoms with van der Waals surface area (Å²) >= 11 is 1.99. The first-order valence-electron chi connectivity index (χ1n) is 6.33. The Hall–Kier alpha value is -0.510. The van der Waals surface area contributed by atoms with E-state index < -0.39 is 0 Å². The molecule has 1 N–H and O–H groups in total. The van der Waals surface area contributed by atoms with E-state index in [1.165, 1.54) is 34.6 Å². The van der Waals surface area contributed by atoms with Crippen molar-refractivity contribution in [1.29, 1.82) is 0 Å². The van der Waals surface area contributed by atoms with Crippen LogP contribution in [0.1, 0.15) is 17.5 Å². The van der Waals surface area contributed by atoms with Gasteiger partial charge in [-0.25, -0.2) is 0 Å². The van der Waals surface area contributed by atoms with E-state index in [0.717, 1.165) is 19.5 Å². The van der Waals surface area contributed by atoms with Crippen molar-refractivity contribution in [2.24, 2.45) is 0 Å². The Kier molecular flexibility index (Phi) is 4.89. The lowest BCUT2D eigenvalue weighted by atomic mass is 10.0. The van der Waals surface area contributed by atoms with Crippen LogP contribution in [0, 0.1) is 0 Å². The van der Waals surface area contributed by atoms with Crippen LogP contribution in [0.2, 0.25) is 0 Å². The Labute approximate surface area is 108 Å². The van der Waals surface area contributed by atoms with E-state index in [4.69, 9.17) is 5.11 Å². The average molecular weight is 251 g/mol. The summed E-state index contributed by atoms with van der Waals surface area (Å²) in [5, 5.41) is 8.85. The van der Waals surface area contributed by atoms with Crippen molar-refractivity contribution in [1.82, 2.24) is 4.90 Å². The standard InChI is InChI=1S/C14H21NOS/c1-15(8-9-16)7-6-12-4-5-14-13(11-12)3-2-10-17-14/h4-5,11,16H,2-3,6-10H2,1H3. The quantitative estimate of drug-likeness (QED) is 0.868. The van der Waals surface area contributed by atoms with Gasteiger partial charge >= 0.3 is 0 Å². The number of aliphatic hydroxyl groups excluding tert-OH is 1. The third kappa shape index (κ3) is 3.73. The maximum Gasteiger partial charge on any atom is 0.0558 e. The van der Waals surface area contributed by atoms with Gasteiger partial charge in [-0.2, -0.15) is 0 Å². The Morgan fingerprint density at radius 3 is 3.06 bits per heavy atom. The first kappa shape index (κ1) is 12.9. The molecule has 0 spiro atoms. The van der Waals surface area contributed by atoms with Gasteiger partial charge in [0.1, 0.15) is 0 Å². The summed E-state index contributed by atoms with van der Waals surface area (Å²) in [6.45, 7) is 2.03. The summed E-state index contributed by atoms with van der Waals surface area (Å²) in [5.74, 6) is 1.27. The molecule has 1 aromatic rings. The molecule has 0 bridgehead atoms. The Morgan fingerprint density at radius 1 is 1.35 bits per heavy atom. The molecule has 0 aliphatic carbocycles. The fourth-order valence-corrected chi connectivity index (χ4v) is 3.19. The number of hydrogen-bond donors (Lipinski definition) is 1.